The highest BCUT2D eigenvalue weighted by Gasteiger charge is 2.03. The summed E-state index contributed by atoms with van der Waals surface area (Å²) in [6.07, 6.45) is 3.22. The standard InChI is InChI=1S/C19H21NO3/c1-14-7-9-18(23-2)15(11-14)8-10-19(22)20-12-16-5-3-4-6-17(16)13-21/h3-11,21H,12-13H2,1-2H3,(H,20,22)/b10-8+. The molecule has 0 aliphatic heterocycles. The summed E-state index contributed by atoms with van der Waals surface area (Å²) in [7, 11) is 1.61. The van der Waals surface area contributed by atoms with Crippen molar-refractivity contribution in [3.05, 3.63) is 70.8 Å². The van der Waals surface area contributed by atoms with Crippen LogP contribution in [0, 0.1) is 6.92 Å². The molecule has 0 bridgehead atoms. The minimum absolute atomic E-state index is 0.0393. The molecule has 0 heterocycles. The van der Waals surface area contributed by atoms with E-state index in [0.29, 0.717) is 6.54 Å². The number of methoxy groups -OCH3 is 1. The highest BCUT2D eigenvalue weighted by Crippen LogP contribution is 2.20. The van der Waals surface area contributed by atoms with Crippen LogP contribution < -0.4 is 10.1 Å². The number of aryl methyl sites for hydroxylation is 1. The zero-order chi connectivity index (χ0) is 16.7. The molecule has 1 amide bonds. The number of rotatable bonds is 6. The Kier molecular flexibility index (Phi) is 5.94. The molecule has 2 N–H and O–H groups in total. The Morgan fingerprint density at radius 3 is 2.65 bits per heavy atom. The van der Waals surface area contributed by atoms with Gasteiger partial charge in [-0.2, -0.15) is 0 Å². The fraction of sp³-hybridized carbons (Fsp3) is 0.211. The van der Waals surface area contributed by atoms with E-state index in [1.54, 1.807) is 13.2 Å². The van der Waals surface area contributed by atoms with Crippen LogP contribution in [0.3, 0.4) is 0 Å². The summed E-state index contributed by atoms with van der Waals surface area (Å²) in [5, 5.41) is 12.1. The van der Waals surface area contributed by atoms with Gasteiger partial charge >= 0.3 is 0 Å². The maximum atomic E-state index is 12.0. The number of benzene rings is 2. The van der Waals surface area contributed by atoms with Crippen molar-refractivity contribution in [3.63, 3.8) is 0 Å². The normalized spacial score (nSPS) is 10.7. The van der Waals surface area contributed by atoms with Crippen LogP contribution in [0.2, 0.25) is 0 Å². The molecule has 23 heavy (non-hydrogen) atoms. The van der Waals surface area contributed by atoms with Crippen molar-refractivity contribution in [1.29, 1.82) is 0 Å². The number of amides is 1. The van der Waals surface area contributed by atoms with Gasteiger partial charge in [-0.1, -0.05) is 35.9 Å². The first kappa shape index (κ1) is 16.8. The highest BCUT2D eigenvalue weighted by atomic mass is 16.5. The number of hydrogen-bond donors (Lipinski definition) is 2. The van der Waals surface area contributed by atoms with Gasteiger partial charge in [0, 0.05) is 18.2 Å². The van der Waals surface area contributed by atoms with Gasteiger partial charge in [0.1, 0.15) is 5.75 Å². The van der Waals surface area contributed by atoms with Gasteiger partial charge in [0.25, 0.3) is 0 Å². The summed E-state index contributed by atoms with van der Waals surface area (Å²) in [5.41, 5.74) is 3.68. The van der Waals surface area contributed by atoms with E-state index in [9.17, 15) is 9.90 Å². The number of carbonyl (C=O) groups is 1. The fourth-order valence-electron chi connectivity index (χ4n) is 2.27. The smallest absolute Gasteiger partial charge is 0.244 e. The van der Waals surface area contributed by atoms with E-state index in [1.807, 2.05) is 49.4 Å². The summed E-state index contributed by atoms with van der Waals surface area (Å²) in [4.78, 5) is 12.0. The molecule has 4 nitrogen and oxygen atoms in total. The number of aliphatic hydroxyl groups is 1. The minimum atomic E-state index is -0.193. The molecule has 0 aliphatic carbocycles. The van der Waals surface area contributed by atoms with Gasteiger partial charge in [0.15, 0.2) is 0 Å². The molecular weight excluding hydrogens is 290 g/mol. The molecule has 0 fully saturated rings. The van der Waals surface area contributed by atoms with Crippen LogP contribution in [0.25, 0.3) is 6.08 Å². The third-order valence-electron chi connectivity index (χ3n) is 3.54. The van der Waals surface area contributed by atoms with Crippen molar-refractivity contribution in [2.24, 2.45) is 0 Å². The van der Waals surface area contributed by atoms with Gasteiger partial charge in [-0.05, 0) is 36.3 Å². The van der Waals surface area contributed by atoms with Crippen molar-refractivity contribution in [3.8, 4) is 5.75 Å². The molecule has 2 aromatic carbocycles. The maximum absolute atomic E-state index is 12.0. The number of hydrogen-bond acceptors (Lipinski definition) is 3. The summed E-state index contributed by atoms with van der Waals surface area (Å²) >= 11 is 0. The first-order valence-electron chi connectivity index (χ1n) is 7.42. The van der Waals surface area contributed by atoms with Gasteiger partial charge < -0.3 is 15.2 Å². The number of ether oxygens (including phenoxy) is 1. The van der Waals surface area contributed by atoms with Crippen molar-refractivity contribution in [2.75, 3.05) is 7.11 Å². The van der Waals surface area contributed by atoms with E-state index < -0.39 is 0 Å². The molecular formula is C19H21NO3. The van der Waals surface area contributed by atoms with Crippen LogP contribution >= 0.6 is 0 Å². The van der Waals surface area contributed by atoms with Crippen LogP contribution in [-0.4, -0.2) is 18.1 Å². The zero-order valence-corrected chi connectivity index (χ0v) is 13.4. The fourth-order valence-corrected chi connectivity index (χ4v) is 2.27. The largest absolute Gasteiger partial charge is 0.496 e. The summed E-state index contributed by atoms with van der Waals surface area (Å²) in [6.45, 7) is 2.33. The van der Waals surface area contributed by atoms with Crippen molar-refractivity contribution in [2.45, 2.75) is 20.1 Å². The molecule has 120 valence electrons. The molecule has 0 saturated heterocycles. The zero-order valence-electron chi connectivity index (χ0n) is 13.4. The molecule has 2 aromatic rings. The summed E-state index contributed by atoms with van der Waals surface area (Å²) < 4.78 is 5.28. The number of aliphatic hydroxyl groups excluding tert-OH is 1. The van der Waals surface area contributed by atoms with E-state index in [2.05, 4.69) is 5.32 Å². The molecule has 0 aliphatic rings. The quantitative estimate of drug-likeness (QED) is 0.807. The third-order valence-corrected chi connectivity index (χ3v) is 3.54. The Morgan fingerprint density at radius 1 is 1.22 bits per heavy atom. The van der Waals surface area contributed by atoms with E-state index in [4.69, 9.17) is 4.74 Å². The van der Waals surface area contributed by atoms with Gasteiger partial charge in [-0.25, -0.2) is 0 Å². The first-order chi connectivity index (χ1) is 11.1. The second-order valence-electron chi connectivity index (χ2n) is 5.22. The summed E-state index contributed by atoms with van der Waals surface area (Å²) in [6, 6.07) is 13.3. The number of carbonyl (C=O) groups excluding carboxylic acids is 1. The average molecular weight is 311 g/mol. The lowest BCUT2D eigenvalue weighted by molar-refractivity contribution is -0.116. The van der Waals surface area contributed by atoms with E-state index in [-0.39, 0.29) is 12.5 Å². The lowest BCUT2D eigenvalue weighted by Gasteiger charge is -2.08. The van der Waals surface area contributed by atoms with Crippen LogP contribution in [0.4, 0.5) is 0 Å². The molecule has 0 atom stereocenters. The number of nitrogens with one attached hydrogen (secondary N) is 1. The molecule has 0 saturated carbocycles. The Morgan fingerprint density at radius 2 is 1.96 bits per heavy atom. The van der Waals surface area contributed by atoms with Gasteiger partial charge in [-0.15, -0.1) is 0 Å². The van der Waals surface area contributed by atoms with Crippen LogP contribution in [0.1, 0.15) is 22.3 Å². The topological polar surface area (TPSA) is 58.6 Å². The van der Waals surface area contributed by atoms with Crippen molar-refractivity contribution < 1.29 is 14.6 Å². The minimum Gasteiger partial charge on any atom is -0.496 e. The lowest BCUT2D eigenvalue weighted by Crippen LogP contribution is -2.21. The lowest BCUT2D eigenvalue weighted by atomic mass is 10.1. The predicted octanol–water partition coefficient (Wildman–Crippen LogP) is 2.83. The molecule has 0 unspecified atom stereocenters. The van der Waals surface area contributed by atoms with Gasteiger partial charge in [-0.3, -0.25) is 4.79 Å². The first-order valence-corrected chi connectivity index (χ1v) is 7.42. The second kappa shape index (κ2) is 8.15. The molecule has 2 rings (SSSR count). The van der Waals surface area contributed by atoms with E-state index >= 15 is 0 Å². The van der Waals surface area contributed by atoms with Crippen LogP contribution in [-0.2, 0) is 17.9 Å². The van der Waals surface area contributed by atoms with Crippen LogP contribution in [0.5, 0.6) is 5.75 Å². The molecule has 4 heteroatoms. The molecule has 0 spiro atoms. The SMILES string of the molecule is COc1ccc(C)cc1/C=C/C(=O)NCc1ccccc1CO. The summed E-state index contributed by atoms with van der Waals surface area (Å²) in [5.74, 6) is 0.534. The average Bonchev–Trinajstić information content (AvgIpc) is 2.58. The Hall–Kier alpha value is -2.59. The van der Waals surface area contributed by atoms with Crippen molar-refractivity contribution in [1.82, 2.24) is 5.32 Å². The Bertz CT molecular complexity index is 708. The van der Waals surface area contributed by atoms with E-state index in [1.165, 1.54) is 6.08 Å². The Balaban J connectivity index is 2.01. The predicted molar refractivity (Wildman–Crippen MR) is 91.0 cm³/mol. The monoisotopic (exact) mass is 311 g/mol. The Labute approximate surface area is 136 Å². The van der Waals surface area contributed by atoms with E-state index in [0.717, 1.165) is 28.0 Å². The third kappa shape index (κ3) is 4.69. The maximum Gasteiger partial charge on any atom is 0.244 e. The highest BCUT2D eigenvalue weighted by molar-refractivity contribution is 5.92. The molecule has 0 aromatic heterocycles. The molecule has 0 radical (unpaired) electrons. The van der Waals surface area contributed by atoms with Crippen LogP contribution in [0.15, 0.2) is 48.5 Å². The second-order valence-corrected chi connectivity index (χ2v) is 5.22. The van der Waals surface area contributed by atoms with Gasteiger partial charge in [0.05, 0.1) is 13.7 Å². The van der Waals surface area contributed by atoms with Gasteiger partial charge in [0.2, 0.25) is 5.91 Å². The van der Waals surface area contributed by atoms with Crippen molar-refractivity contribution >= 4 is 12.0 Å².